The van der Waals surface area contributed by atoms with Gasteiger partial charge in [-0.1, -0.05) is 24.3 Å². The van der Waals surface area contributed by atoms with Gasteiger partial charge in [-0.2, -0.15) is 0 Å². The Morgan fingerprint density at radius 3 is 2.95 bits per heavy atom. The first-order valence-corrected chi connectivity index (χ1v) is 7.95. The molecule has 3 aromatic rings. The molecule has 1 atom stereocenters. The lowest BCUT2D eigenvalue weighted by atomic mass is 9.94. The van der Waals surface area contributed by atoms with Crippen molar-refractivity contribution in [3.8, 4) is 10.7 Å². The molecule has 4 nitrogen and oxygen atoms in total. The number of aliphatic imine (C=N–C) groups is 1. The number of pyridine rings is 1. The minimum Gasteiger partial charge on any atom is -0.320 e. The standard InChI is InChI=1S/C17H13N3OS/c21-16-7-3-6-14(19-16)17-20-15(10-22-17)12-8-11-4-1-2-5-13(11)18-9-12/h1-7,9-10,12H,8H2,(H,19,21). The summed E-state index contributed by atoms with van der Waals surface area (Å²) in [6.45, 7) is 0. The fourth-order valence-electron chi connectivity index (χ4n) is 2.60. The van der Waals surface area contributed by atoms with E-state index in [-0.39, 0.29) is 11.5 Å². The number of rotatable bonds is 2. The van der Waals surface area contributed by atoms with Crippen molar-refractivity contribution in [3.05, 3.63) is 69.5 Å². The third-order valence-corrected chi connectivity index (χ3v) is 4.62. The summed E-state index contributed by atoms with van der Waals surface area (Å²) in [6.07, 6.45) is 2.88. The first-order chi connectivity index (χ1) is 10.8. The second-order valence-electron chi connectivity index (χ2n) is 5.22. The summed E-state index contributed by atoms with van der Waals surface area (Å²) in [5.74, 6) is 0.190. The lowest BCUT2D eigenvalue weighted by molar-refractivity contribution is 0.850. The van der Waals surface area contributed by atoms with Crippen LogP contribution in [-0.2, 0) is 6.42 Å². The number of H-pyrrole nitrogens is 1. The average Bonchev–Trinajstić information content (AvgIpc) is 3.04. The molecule has 22 heavy (non-hydrogen) atoms. The molecule has 0 spiro atoms. The summed E-state index contributed by atoms with van der Waals surface area (Å²) in [5.41, 5.74) is 3.95. The summed E-state index contributed by atoms with van der Waals surface area (Å²) in [7, 11) is 0. The van der Waals surface area contributed by atoms with E-state index in [2.05, 4.69) is 21.0 Å². The maximum Gasteiger partial charge on any atom is 0.248 e. The molecule has 1 aliphatic heterocycles. The van der Waals surface area contributed by atoms with E-state index < -0.39 is 0 Å². The van der Waals surface area contributed by atoms with Gasteiger partial charge in [0, 0.05) is 23.6 Å². The minimum atomic E-state index is -0.109. The third kappa shape index (κ3) is 2.40. The molecule has 3 heterocycles. The smallest absolute Gasteiger partial charge is 0.248 e. The van der Waals surface area contributed by atoms with Gasteiger partial charge < -0.3 is 4.98 Å². The number of nitrogens with one attached hydrogen (secondary N) is 1. The van der Waals surface area contributed by atoms with Gasteiger partial charge >= 0.3 is 0 Å². The van der Waals surface area contributed by atoms with Crippen molar-refractivity contribution in [2.45, 2.75) is 12.3 Å². The molecule has 4 rings (SSSR count). The number of benzene rings is 1. The quantitative estimate of drug-likeness (QED) is 0.787. The van der Waals surface area contributed by atoms with E-state index in [0.29, 0.717) is 0 Å². The Morgan fingerprint density at radius 2 is 2.05 bits per heavy atom. The maximum absolute atomic E-state index is 11.4. The largest absolute Gasteiger partial charge is 0.320 e. The Labute approximate surface area is 131 Å². The van der Waals surface area contributed by atoms with Gasteiger partial charge in [0.1, 0.15) is 5.01 Å². The SMILES string of the molecule is O=c1cccc(-c2nc(C3C=Nc4ccccc4C3)cs2)[nH]1. The molecular formula is C17H13N3OS. The fraction of sp³-hybridized carbons (Fsp3) is 0.118. The second kappa shape index (κ2) is 5.35. The molecule has 1 N–H and O–H groups in total. The van der Waals surface area contributed by atoms with Crippen LogP contribution < -0.4 is 5.56 Å². The Morgan fingerprint density at radius 1 is 1.14 bits per heavy atom. The summed E-state index contributed by atoms with van der Waals surface area (Å²) >= 11 is 1.54. The lowest BCUT2D eigenvalue weighted by Crippen LogP contribution is -2.09. The van der Waals surface area contributed by atoms with Crippen LogP contribution in [-0.4, -0.2) is 16.2 Å². The van der Waals surface area contributed by atoms with Crippen molar-refractivity contribution in [1.82, 2.24) is 9.97 Å². The third-order valence-electron chi connectivity index (χ3n) is 3.73. The number of hydrogen-bond donors (Lipinski definition) is 1. The monoisotopic (exact) mass is 307 g/mol. The van der Waals surface area contributed by atoms with Crippen LogP contribution in [0.1, 0.15) is 17.2 Å². The van der Waals surface area contributed by atoms with Gasteiger partial charge in [0.15, 0.2) is 0 Å². The zero-order valence-corrected chi connectivity index (χ0v) is 12.5. The summed E-state index contributed by atoms with van der Waals surface area (Å²) in [6, 6.07) is 13.3. The number of nitrogens with zero attached hydrogens (tertiary/aromatic N) is 2. The Balaban J connectivity index is 1.65. The second-order valence-corrected chi connectivity index (χ2v) is 6.08. The zero-order chi connectivity index (χ0) is 14.9. The van der Waals surface area contributed by atoms with E-state index in [1.165, 1.54) is 11.6 Å². The molecule has 5 heteroatoms. The van der Waals surface area contributed by atoms with Crippen molar-refractivity contribution in [3.63, 3.8) is 0 Å². The Hall–Kier alpha value is -2.53. The van der Waals surface area contributed by atoms with Crippen molar-refractivity contribution < 1.29 is 0 Å². The normalized spacial score (nSPS) is 16.5. The molecule has 1 unspecified atom stereocenters. The molecular weight excluding hydrogens is 294 g/mol. The lowest BCUT2D eigenvalue weighted by Gasteiger charge is -2.16. The van der Waals surface area contributed by atoms with Crippen LogP contribution in [0.15, 0.2) is 57.6 Å². The van der Waals surface area contributed by atoms with E-state index >= 15 is 0 Å². The van der Waals surface area contributed by atoms with E-state index in [9.17, 15) is 4.79 Å². The van der Waals surface area contributed by atoms with Gasteiger partial charge in [-0.15, -0.1) is 11.3 Å². The predicted octanol–water partition coefficient (Wildman–Crippen LogP) is 3.54. The molecule has 1 aromatic carbocycles. The van der Waals surface area contributed by atoms with E-state index in [1.807, 2.05) is 35.9 Å². The molecule has 1 aliphatic rings. The molecule has 0 bridgehead atoms. The van der Waals surface area contributed by atoms with E-state index in [0.717, 1.165) is 28.5 Å². The molecule has 0 saturated carbocycles. The predicted molar refractivity (Wildman–Crippen MR) is 89.2 cm³/mol. The highest BCUT2D eigenvalue weighted by Gasteiger charge is 2.19. The zero-order valence-electron chi connectivity index (χ0n) is 11.7. The Kier molecular flexibility index (Phi) is 3.20. The van der Waals surface area contributed by atoms with Gasteiger partial charge in [0.2, 0.25) is 5.56 Å². The van der Waals surface area contributed by atoms with Gasteiger partial charge in [-0.3, -0.25) is 9.79 Å². The van der Waals surface area contributed by atoms with E-state index in [1.54, 1.807) is 17.4 Å². The van der Waals surface area contributed by atoms with Crippen LogP contribution in [0.5, 0.6) is 0 Å². The highest BCUT2D eigenvalue weighted by molar-refractivity contribution is 7.13. The average molecular weight is 307 g/mol. The first kappa shape index (κ1) is 13.2. The minimum absolute atomic E-state index is 0.109. The van der Waals surface area contributed by atoms with Gasteiger partial charge in [0.05, 0.1) is 17.1 Å². The topological polar surface area (TPSA) is 58.1 Å². The van der Waals surface area contributed by atoms with Crippen LogP contribution in [0.2, 0.25) is 0 Å². The summed E-state index contributed by atoms with van der Waals surface area (Å²) < 4.78 is 0. The number of aromatic amines is 1. The molecule has 0 amide bonds. The van der Waals surface area contributed by atoms with Gasteiger partial charge in [-0.05, 0) is 24.1 Å². The van der Waals surface area contributed by atoms with Gasteiger partial charge in [-0.25, -0.2) is 4.98 Å². The van der Waals surface area contributed by atoms with Crippen LogP contribution in [0.25, 0.3) is 10.7 Å². The van der Waals surface area contributed by atoms with Crippen LogP contribution in [0.4, 0.5) is 5.69 Å². The van der Waals surface area contributed by atoms with Crippen molar-refractivity contribution in [1.29, 1.82) is 0 Å². The molecule has 108 valence electrons. The number of para-hydroxylation sites is 1. The summed E-state index contributed by atoms with van der Waals surface area (Å²) in [4.78, 5) is 23.4. The highest BCUT2D eigenvalue weighted by Crippen LogP contribution is 2.32. The van der Waals surface area contributed by atoms with Crippen molar-refractivity contribution in [2.24, 2.45) is 4.99 Å². The maximum atomic E-state index is 11.4. The summed E-state index contributed by atoms with van der Waals surface area (Å²) in [5, 5.41) is 2.88. The van der Waals surface area contributed by atoms with Gasteiger partial charge in [0.25, 0.3) is 0 Å². The molecule has 0 fully saturated rings. The fourth-order valence-corrected chi connectivity index (χ4v) is 3.47. The molecule has 0 aliphatic carbocycles. The van der Waals surface area contributed by atoms with Crippen LogP contribution >= 0.6 is 11.3 Å². The first-order valence-electron chi connectivity index (χ1n) is 7.07. The van der Waals surface area contributed by atoms with Crippen LogP contribution in [0, 0.1) is 0 Å². The van der Waals surface area contributed by atoms with Crippen LogP contribution in [0.3, 0.4) is 0 Å². The Bertz CT molecular complexity index is 910. The molecule has 0 saturated heterocycles. The number of fused-ring (bicyclic) bond motifs is 1. The van der Waals surface area contributed by atoms with Crippen molar-refractivity contribution in [2.75, 3.05) is 0 Å². The highest BCUT2D eigenvalue weighted by atomic mass is 32.1. The molecule has 0 radical (unpaired) electrons. The van der Waals surface area contributed by atoms with Crippen molar-refractivity contribution >= 4 is 23.2 Å². The number of aromatic nitrogens is 2. The van der Waals surface area contributed by atoms with E-state index in [4.69, 9.17) is 0 Å². The molecule has 2 aromatic heterocycles. The number of hydrogen-bond acceptors (Lipinski definition) is 4. The number of thiazole rings is 1.